The smallest absolute Gasteiger partial charge is 0.361 e. The largest absolute Gasteiger partial charge is 0.490 e. The molecule has 0 aliphatic heterocycles. The second-order valence-electron chi connectivity index (χ2n) is 3.68. The number of hydrogen-bond acceptors (Lipinski definition) is 5. The molecule has 2 aromatic rings. The second-order valence-corrected chi connectivity index (χ2v) is 7.88. The summed E-state index contributed by atoms with van der Waals surface area (Å²) in [5.74, 6) is 0. The van der Waals surface area contributed by atoms with E-state index in [2.05, 4.69) is 31.8 Å². The summed E-state index contributed by atoms with van der Waals surface area (Å²) in [6, 6.07) is 10.3. The van der Waals surface area contributed by atoms with E-state index >= 15 is 0 Å². The summed E-state index contributed by atoms with van der Waals surface area (Å²) in [6.07, 6.45) is 1.95. The minimum Gasteiger partial charge on any atom is -0.361 e. The quantitative estimate of drug-likeness (QED) is 0.427. The van der Waals surface area contributed by atoms with Crippen molar-refractivity contribution in [1.82, 2.24) is 4.98 Å². The van der Waals surface area contributed by atoms with Gasteiger partial charge in [0.05, 0.1) is 0 Å². The summed E-state index contributed by atoms with van der Waals surface area (Å²) in [6.45, 7) is 0. The molecule has 1 aromatic carbocycles. The number of phosphoric acid groups is 3. The molecule has 2 rings (SSSR count). The topological polar surface area (TPSA) is 187 Å². The SMILES string of the molecule is O=P(O)(O)OP(=O)(O)OP(=O)(O)O.c1ccc2[nH]ccc2c1. The molecule has 0 radical (unpaired) electrons. The fourth-order valence-electron chi connectivity index (χ4n) is 1.28. The van der Waals surface area contributed by atoms with E-state index in [0.717, 1.165) is 0 Å². The Morgan fingerprint density at radius 1 is 0.818 bits per heavy atom. The Hall–Kier alpha value is -0.830. The van der Waals surface area contributed by atoms with Crippen molar-refractivity contribution in [1.29, 1.82) is 0 Å². The maximum atomic E-state index is 10.4. The fraction of sp³-hybridized carbons (Fsp3) is 0. The van der Waals surface area contributed by atoms with Crippen molar-refractivity contribution in [2.45, 2.75) is 0 Å². The van der Waals surface area contributed by atoms with Gasteiger partial charge in [0.1, 0.15) is 0 Å². The van der Waals surface area contributed by atoms with Gasteiger partial charge in [-0.05, 0) is 17.5 Å². The van der Waals surface area contributed by atoms with Gasteiger partial charge in [-0.15, -0.1) is 0 Å². The number of fused-ring (bicyclic) bond motifs is 1. The normalized spacial score (nSPS) is 12.8. The summed E-state index contributed by atoms with van der Waals surface area (Å²) < 4.78 is 36.4. The van der Waals surface area contributed by atoms with E-state index in [1.165, 1.54) is 10.9 Å². The van der Waals surface area contributed by atoms with E-state index in [1.807, 2.05) is 18.3 Å². The third-order valence-electron chi connectivity index (χ3n) is 1.88. The lowest BCUT2D eigenvalue weighted by atomic mass is 10.3. The van der Waals surface area contributed by atoms with Crippen LogP contribution in [-0.4, -0.2) is 29.5 Å². The van der Waals surface area contributed by atoms with Crippen molar-refractivity contribution >= 4 is 34.4 Å². The molecule has 0 aliphatic carbocycles. The van der Waals surface area contributed by atoms with Crippen molar-refractivity contribution in [3.8, 4) is 0 Å². The molecule has 1 heterocycles. The first-order chi connectivity index (χ1) is 9.88. The average molecular weight is 375 g/mol. The molecule has 0 atom stereocenters. The predicted octanol–water partition coefficient (Wildman–Crippen LogP) is 1.47. The van der Waals surface area contributed by atoms with E-state index in [0.29, 0.717) is 0 Å². The Balaban J connectivity index is 0.000000231. The number of H-pyrrole nitrogens is 1. The number of nitrogens with one attached hydrogen (secondary N) is 1. The highest BCUT2D eigenvalue weighted by Crippen LogP contribution is 2.64. The molecule has 0 bridgehead atoms. The van der Waals surface area contributed by atoms with E-state index in [4.69, 9.17) is 24.5 Å². The zero-order chi connectivity index (χ0) is 17.0. The zero-order valence-electron chi connectivity index (χ0n) is 10.6. The Kier molecular flexibility index (Phi) is 6.26. The maximum absolute atomic E-state index is 10.4. The van der Waals surface area contributed by atoms with Crippen molar-refractivity contribution in [3.05, 3.63) is 36.5 Å². The summed E-state index contributed by atoms with van der Waals surface area (Å²) in [4.78, 5) is 43.3. The molecular formula is C8H12NO10P3. The zero-order valence-corrected chi connectivity index (χ0v) is 13.3. The van der Waals surface area contributed by atoms with Gasteiger partial charge in [-0.3, -0.25) is 0 Å². The number of benzene rings is 1. The van der Waals surface area contributed by atoms with Gasteiger partial charge in [-0.1, -0.05) is 18.2 Å². The van der Waals surface area contributed by atoms with Crippen LogP contribution in [0.5, 0.6) is 0 Å². The molecule has 14 heteroatoms. The maximum Gasteiger partial charge on any atom is 0.490 e. The number of rotatable bonds is 4. The highest BCUT2D eigenvalue weighted by molar-refractivity contribution is 7.66. The van der Waals surface area contributed by atoms with Crippen LogP contribution in [0, 0.1) is 0 Å². The number of para-hydroxylation sites is 1. The van der Waals surface area contributed by atoms with Gasteiger partial charge in [0.25, 0.3) is 0 Å². The van der Waals surface area contributed by atoms with E-state index in [-0.39, 0.29) is 0 Å². The minimum absolute atomic E-state index is 1.21. The van der Waals surface area contributed by atoms with Gasteiger partial charge < -0.3 is 29.5 Å². The molecule has 0 spiro atoms. The molecule has 6 N–H and O–H groups in total. The molecule has 0 fully saturated rings. The lowest BCUT2D eigenvalue weighted by molar-refractivity contribution is 0.204. The molecule has 0 saturated heterocycles. The van der Waals surface area contributed by atoms with Gasteiger partial charge >= 0.3 is 23.5 Å². The average Bonchev–Trinajstić information content (AvgIpc) is 2.70. The third kappa shape index (κ3) is 7.98. The van der Waals surface area contributed by atoms with Crippen molar-refractivity contribution in [2.24, 2.45) is 0 Å². The van der Waals surface area contributed by atoms with Crippen LogP contribution in [0.25, 0.3) is 10.9 Å². The molecule has 22 heavy (non-hydrogen) atoms. The molecular weight excluding hydrogens is 363 g/mol. The molecule has 0 aliphatic rings. The molecule has 0 unspecified atom stereocenters. The first-order valence-corrected chi connectivity index (χ1v) is 9.82. The van der Waals surface area contributed by atoms with Crippen molar-refractivity contribution in [2.75, 3.05) is 0 Å². The second kappa shape index (κ2) is 7.16. The van der Waals surface area contributed by atoms with Crippen LogP contribution >= 0.6 is 23.5 Å². The van der Waals surface area contributed by atoms with Gasteiger partial charge in [0, 0.05) is 11.7 Å². The van der Waals surface area contributed by atoms with Gasteiger partial charge in [0.15, 0.2) is 0 Å². The number of hydrogen-bond donors (Lipinski definition) is 6. The van der Waals surface area contributed by atoms with Crippen LogP contribution in [0.3, 0.4) is 0 Å². The van der Waals surface area contributed by atoms with Crippen LogP contribution in [0.4, 0.5) is 0 Å². The van der Waals surface area contributed by atoms with Crippen LogP contribution in [0.1, 0.15) is 0 Å². The van der Waals surface area contributed by atoms with Gasteiger partial charge in [0.2, 0.25) is 0 Å². The standard InChI is InChI=1S/C8H7N.H5O10P3/c1-2-4-8-7(3-1)5-6-9-8;1-11(2,3)9-13(7,8)10-12(4,5)6/h1-6,9H;(H,7,8)(H2,1,2,3)(H2,4,5,6). The van der Waals surface area contributed by atoms with E-state index < -0.39 is 23.5 Å². The predicted molar refractivity (Wildman–Crippen MR) is 74.4 cm³/mol. The fourth-order valence-corrected chi connectivity index (χ4v) is 3.82. The highest BCUT2D eigenvalue weighted by Gasteiger charge is 2.38. The van der Waals surface area contributed by atoms with E-state index in [9.17, 15) is 13.7 Å². The van der Waals surface area contributed by atoms with Crippen molar-refractivity contribution < 1.29 is 46.8 Å². The Labute approximate surface area is 123 Å². The van der Waals surface area contributed by atoms with Crippen LogP contribution in [0.2, 0.25) is 0 Å². The Bertz CT molecular complexity index is 702. The lowest BCUT2D eigenvalue weighted by Crippen LogP contribution is -1.91. The first-order valence-electron chi connectivity index (χ1n) is 5.27. The molecule has 0 amide bonds. The molecule has 124 valence electrons. The Morgan fingerprint density at radius 3 is 1.77 bits per heavy atom. The third-order valence-corrected chi connectivity index (χ3v) is 5.23. The molecule has 0 saturated carbocycles. The van der Waals surface area contributed by atoms with Gasteiger partial charge in [-0.25, -0.2) is 13.7 Å². The number of aromatic nitrogens is 1. The first kappa shape index (κ1) is 19.2. The van der Waals surface area contributed by atoms with Crippen LogP contribution in [-0.2, 0) is 22.3 Å². The van der Waals surface area contributed by atoms with Crippen molar-refractivity contribution in [3.63, 3.8) is 0 Å². The monoisotopic (exact) mass is 375 g/mol. The van der Waals surface area contributed by atoms with Crippen LogP contribution < -0.4 is 0 Å². The minimum atomic E-state index is -5.46. The summed E-state index contributed by atoms with van der Waals surface area (Å²) in [7, 11) is -16.2. The summed E-state index contributed by atoms with van der Waals surface area (Å²) in [5, 5.41) is 1.28. The lowest BCUT2D eigenvalue weighted by Gasteiger charge is -2.11. The van der Waals surface area contributed by atoms with Crippen LogP contribution in [0.15, 0.2) is 36.5 Å². The van der Waals surface area contributed by atoms with Gasteiger partial charge in [-0.2, -0.15) is 8.62 Å². The summed E-state index contributed by atoms with van der Waals surface area (Å²) in [5.41, 5.74) is 1.21. The molecule has 1 aromatic heterocycles. The van der Waals surface area contributed by atoms with E-state index in [1.54, 1.807) is 0 Å². The highest BCUT2D eigenvalue weighted by atomic mass is 31.3. The Morgan fingerprint density at radius 2 is 1.32 bits per heavy atom. The number of aromatic amines is 1. The summed E-state index contributed by atoms with van der Waals surface area (Å²) >= 11 is 0. The molecule has 11 nitrogen and oxygen atoms in total.